The molecule has 1 aliphatic heterocycles. The van der Waals surface area contributed by atoms with Crippen LogP contribution in [0, 0.1) is 26.7 Å². The summed E-state index contributed by atoms with van der Waals surface area (Å²) in [7, 11) is 0. The summed E-state index contributed by atoms with van der Waals surface area (Å²) in [6.07, 6.45) is 0.387. The van der Waals surface area contributed by atoms with E-state index in [-0.39, 0.29) is 11.8 Å². The standard InChI is InChI=1S/C22H29N3O2/c1-14(2)13-25-11-10-24(9-8-20(25)26)22(27)19-12-16(4)23-21-17(5)15(3)6-7-18(19)21/h6-7,12,14H,8-11,13H2,1-5H3. The summed E-state index contributed by atoms with van der Waals surface area (Å²) >= 11 is 0. The van der Waals surface area contributed by atoms with Gasteiger partial charge in [-0.1, -0.05) is 26.0 Å². The molecule has 2 heterocycles. The number of benzene rings is 1. The van der Waals surface area contributed by atoms with Crippen molar-refractivity contribution < 1.29 is 9.59 Å². The minimum absolute atomic E-state index is 0.00653. The first kappa shape index (κ1) is 19.3. The molecule has 3 rings (SSSR count). The zero-order chi connectivity index (χ0) is 19.7. The Balaban J connectivity index is 1.92. The number of carbonyl (C=O) groups is 2. The van der Waals surface area contributed by atoms with Crippen LogP contribution in [0.25, 0.3) is 10.9 Å². The van der Waals surface area contributed by atoms with Crippen molar-refractivity contribution in [1.82, 2.24) is 14.8 Å². The summed E-state index contributed by atoms with van der Waals surface area (Å²) in [4.78, 5) is 34.1. The van der Waals surface area contributed by atoms with Gasteiger partial charge in [0.15, 0.2) is 0 Å². The highest BCUT2D eigenvalue weighted by molar-refractivity contribution is 6.07. The molecule has 1 aromatic heterocycles. The van der Waals surface area contributed by atoms with E-state index in [9.17, 15) is 9.59 Å². The number of carbonyl (C=O) groups excluding carboxylic acids is 2. The van der Waals surface area contributed by atoms with Gasteiger partial charge in [-0.05, 0) is 43.9 Å². The quantitative estimate of drug-likeness (QED) is 0.834. The molecule has 0 atom stereocenters. The number of rotatable bonds is 3. The zero-order valence-corrected chi connectivity index (χ0v) is 17.0. The van der Waals surface area contributed by atoms with E-state index in [0.717, 1.165) is 28.7 Å². The molecule has 5 nitrogen and oxygen atoms in total. The lowest BCUT2D eigenvalue weighted by Gasteiger charge is -2.24. The van der Waals surface area contributed by atoms with Crippen molar-refractivity contribution in [2.45, 2.75) is 41.0 Å². The number of hydrogen-bond donors (Lipinski definition) is 0. The Hall–Kier alpha value is -2.43. The molecule has 0 spiro atoms. The molecule has 2 amide bonds. The minimum atomic E-state index is -0.00653. The maximum Gasteiger partial charge on any atom is 0.254 e. The highest BCUT2D eigenvalue weighted by Gasteiger charge is 2.26. The summed E-state index contributed by atoms with van der Waals surface area (Å²) in [5.74, 6) is 0.559. The fourth-order valence-corrected chi connectivity index (χ4v) is 3.71. The van der Waals surface area contributed by atoms with Gasteiger partial charge in [0.25, 0.3) is 5.91 Å². The van der Waals surface area contributed by atoms with E-state index in [1.54, 1.807) is 0 Å². The van der Waals surface area contributed by atoms with Crippen LogP contribution in [0.4, 0.5) is 0 Å². The molecule has 0 unspecified atom stereocenters. The Morgan fingerprint density at radius 3 is 2.59 bits per heavy atom. The number of aromatic nitrogens is 1. The molecule has 0 aliphatic carbocycles. The van der Waals surface area contributed by atoms with Crippen LogP contribution < -0.4 is 0 Å². The number of amides is 2. The first-order chi connectivity index (χ1) is 12.8. The Labute approximate surface area is 161 Å². The molecule has 0 radical (unpaired) electrons. The van der Waals surface area contributed by atoms with Crippen LogP contribution in [0.1, 0.15) is 47.4 Å². The first-order valence-corrected chi connectivity index (χ1v) is 9.72. The van der Waals surface area contributed by atoms with Crippen LogP contribution in [0.3, 0.4) is 0 Å². The van der Waals surface area contributed by atoms with E-state index in [4.69, 9.17) is 0 Å². The minimum Gasteiger partial charge on any atom is -0.341 e. The van der Waals surface area contributed by atoms with Crippen LogP contribution >= 0.6 is 0 Å². The third-order valence-corrected chi connectivity index (χ3v) is 5.32. The van der Waals surface area contributed by atoms with E-state index in [0.29, 0.717) is 37.5 Å². The first-order valence-electron chi connectivity index (χ1n) is 9.72. The van der Waals surface area contributed by atoms with Gasteiger partial charge in [-0.15, -0.1) is 0 Å². The predicted molar refractivity (Wildman–Crippen MR) is 108 cm³/mol. The van der Waals surface area contributed by atoms with Crippen molar-refractivity contribution in [3.05, 3.63) is 40.6 Å². The SMILES string of the molecule is Cc1cc(C(=O)N2CCC(=O)N(CC(C)C)CC2)c2ccc(C)c(C)c2n1. The molecule has 2 aromatic rings. The molecular formula is C22H29N3O2. The molecule has 1 aliphatic rings. The number of aryl methyl sites for hydroxylation is 3. The van der Waals surface area contributed by atoms with Crippen molar-refractivity contribution in [1.29, 1.82) is 0 Å². The van der Waals surface area contributed by atoms with Crippen LogP contribution in [0.2, 0.25) is 0 Å². The third-order valence-electron chi connectivity index (χ3n) is 5.32. The van der Waals surface area contributed by atoms with Gasteiger partial charge in [0.2, 0.25) is 5.91 Å². The van der Waals surface area contributed by atoms with Crippen LogP contribution in [-0.4, -0.2) is 52.8 Å². The lowest BCUT2D eigenvalue weighted by molar-refractivity contribution is -0.130. The average molecular weight is 367 g/mol. The maximum absolute atomic E-state index is 13.3. The summed E-state index contributed by atoms with van der Waals surface area (Å²) in [6.45, 7) is 12.6. The van der Waals surface area contributed by atoms with Gasteiger partial charge >= 0.3 is 0 Å². The van der Waals surface area contributed by atoms with E-state index in [1.807, 2.05) is 41.8 Å². The average Bonchev–Trinajstić information content (AvgIpc) is 2.79. The molecule has 5 heteroatoms. The lowest BCUT2D eigenvalue weighted by Crippen LogP contribution is -2.37. The monoisotopic (exact) mass is 367 g/mol. The number of hydrogen-bond acceptors (Lipinski definition) is 3. The molecule has 1 aromatic carbocycles. The predicted octanol–water partition coefficient (Wildman–Crippen LogP) is 3.49. The zero-order valence-electron chi connectivity index (χ0n) is 17.0. The normalized spacial score (nSPS) is 15.6. The molecular weight excluding hydrogens is 338 g/mol. The highest BCUT2D eigenvalue weighted by atomic mass is 16.2. The molecule has 144 valence electrons. The highest BCUT2D eigenvalue weighted by Crippen LogP contribution is 2.25. The molecule has 1 saturated heterocycles. The lowest BCUT2D eigenvalue weighted by atomic mass is 10.00. The van der Waals surface area contributed by atoms with E-state index in [1.165, 1.54) is 5.56 Å². The van der Waals surface area contributed by atoms with Crippen molar-refractivity contribution >= 4 is 22.7 Å². The second-order valence-corrected chi connectivity index (χ2v) is 7.99. The van der Waals surface area contributed by atoms with E-state index >= 15 is 0 Å². The summed E-state index contributed by atoms with van der Waals surface area (Å²) in [5, 5.41) is 0.892. The topological polar surface area (TPSA) is 53.5 Å². The molecule has 27 heavy (non-hydrogen) atoms. The molecule has 0 N–H and O–H groups in total. The van der Waals surface area contributed by atoms with Gasteiger partial charge in [0.05, 0.1) is 11.1 Å². The van der Waals surface area contributed by atoms with E-state index in [2.05, 4.69) is 25.8 Å². The Morgan fingerprint density at radius 1 is 1.15 bits per heavy atom. The number of fused-ring (bicyclic) bond motifs is 1. The summed E-state index contributed by atoms with van der Waals surface area (Å²) < 4.78 is 0. The van der Waals surface area contributed by atoms with Crippen LogP contribution in [-0.2, 0) is 4.79 Å². The van der Waals surface area contributed by atoms with Crippen molar-refractivity contribution in [3.8, 4) is 0 Å². The number of nitrogens with zero attached hydrogens (tertiary/aromatic N) is 3. The smallest absolute Gasteiger partial charge is 0.254 e. The van der Waals surface area contributed by atoms with Crippen LogP contribution in [0.15, 0.2) is 18.2 Å². The molecule has 0 bridgehead atoms. The largest absolute Gasteiger partial charge is 0.341 e. The maximum atomic E-state index is 13.3. The van der Waals surface area contributed by atoms with Crippen LogP contribution in [0.5, 0.6) is 0 Å². The van der Waals surface area contributed by atoms with Gasteiger partial charge in [-0.2, -0.15) is 0 Å². The van der Waals surface area contributed by atoms with Gasteiger partial charge < -0.3 is 9.80 Å². The van der Waals surface area contributed by atoms with E-state index < -0.39 is 0 Å². The van der Waals surface area contributed by atoms with Gasteiger partial charge in [0.1, 0.15) is 0 Å². The number of pyridine rings is 1. The van der Waals surface area contributed by atoms with Gasteiger partial charge in [-0.25, -0.2) is 0 Å². The molecule has 1 fully saturated rings. The second kappa shape index (κ2) is 7.67. The Bertz CT molecular complexity index is 889. The third kappa shape index (κ3) is 3.97. The van der Waals surface area contributed by atoms with Gasteiger partial charge in [0, 0.05) is 43.7 Å². The Morgan fingerprint density at radius 2 is 1.89 bits per heavy atom. The summed E-state index contributed by atoms with van der Waals surface area (Å²) in [5.41, 5.74) is 4.70. The Kier molecular flexibility index (Phi) is 5.49. The molecule has 0 saturated carbocycles. The summed E-state index contributed by atoms with van der Waals surface area (Å²) in [6, 6.07) is 5.91. The van der Waals surface area contributed by atoms with Crippen molar-refractivity contribution in [2.24, 2.45) is 5.92 Å². The second-order valence-electron chi connectivity index (χ2n) is 7.99. The fraction of sp³-hybridized carbons (Fsp3) is 0.500. The van der Waals surface area contributed by atoms with Crippen molar-refractivity contribution in [3.63, 3.8) is 0 Å². The van der Waals surface area contributed by atoms with Gasteiger partial charge in [-0.3, -0.25) is 14.6 Å². The fourth-order valence-electron chi connectivity index (χ4n) is 3.71. The van der Waals surface area contributed by atoms with Crippen molar-refractivity contribution in [2.75, 3.05) is 26.2 Å².